The van der Waals surface area contributed by atoms with Gasteiger partial charge in [0.05, 0.1) is 22.5 Å². The van der Waals surface area contributed by atoms with E-state index in [4.69, 9.17) is 9.31 Å². The molecule has 0 unspecified atom stereocenters. The van der Waals surface area contributed by atoms with Crippen LogP contribution in [0.5, 0.6) is 0 Å². The van der Waals surface area contributed by atoms with Crippen molar-refractivity contribution in [1.29, 1.82) is 0 Å². The van der Waals surface area contributed by atoms with E-state index < -0.39 is 18.3 Å². The molecule has 1 amide bonds. The van der Waals surface area contributed by atoms with Gasteiger partial charge in [-0.1, -0.05) is 0 Å². The van der Waals surface area contributed by atoms with Gasteiger partial charge in [-0.05, 0) is 45.9 Å². The molecule has 1 fully saturated rings. The molecule has 0 N–H and O–H groups in total. The molecule has 0 saturated carbocycles. The number of amides is 1. The van der Waals surface area contributed by atoms with Gasteiger partial charge in [0, 0.05) is 43.7 Å². The number of rotatable bonds is 3. The third-order valence-corrected chi connectivity index (χ3v) is 5.00. The summed E-state index contributed by atoms with van der Waals surface area (Å²) in [5, 5.41) is 0. The molecule has 3 rings (SSSR count). The molecule has 0 radical (unpaired) electrons. The van der Waals surface area contributed by atoms with Gasteiger partial charge in [-0.3, -0.25) is 14.8 Å². The van der Waals surface area contributed by atoms with Gasteiger partial charge >= 0.3 is 7.12 Å². The Morgan fingerprint density at radius 2 is 1.69 bits per heavy atom. The minimum Gasteiger partial charge on any atom is -0.399 e. The number of carbonyl (C=O) groups excluding carboxylic acids is 1. The number of carbonyl (C=O) groups is 1. The number of hydrogen-bond acceptors (Lipinski definition) is 5. The van der Waals surface area contributed by atoms with Crippen LogP contribution < -0.4 is 5.46 Å². The Hall–Kier alpha value is -2.25. The Labute approximate surface area is 154 Å². The van der Waals surface area contributed by atoms with Crippen LogP contribution in [0.1, 0.15) is 38.1 Å². The minimum absolute atomic E-state index is 0.0758. The third-order valence-electron chi connectivity index (χ3n) is 5.00. The first kappa shape index (κ1) is 18.5. The molecule has 1 saturated heterocycles. The molecule has 26 heavy (non-hydrogen) atoms. The van der Waals surface area contributed by atoms with Gasteiger partial charge in [0.25, 0.3) is 5.91 Å². The fraction of sp³-hybridized carbons (Fsp3) is 0.421. The summed E-state index contributed by atoms with van der Waals surface area (Å²) >= 11 is 0. The standard InChI is InChI=1S/C19H24BN3O3/c1-18(2)19(3,4)26-20(25-18)15-9-14(10-21-12-15)16-8-7-13(11-22-16)17(24)23(5)6/h7-12H,1-6H3. The van der Waals surface area contributed by atoms with E-state index in [1.54, 1.807) is 38.8 Å². The smallest absolute Gasteiger partial charge is 0.399 e. The van der Waals surface area contributed by atoms with Crippen LogP contribution >= 0.6 is 0 Å². The average molecular weight is 353 g/mol. The predicted octanol–water partition coefficient (Wildman–Crippen LogP) is 2.14. The first-order chi connectivity index (χ1) is 12.1. The Morgan fingerprint density at radius 1 is 1.04 bits per heavy atom. The Kier molecular flexibility index (Phi) is 4.62. The van der Waals surface area contributed by atoms with Crippen molar-refractivity contribution in [2.75, 3.05) is 14.1 Å². The highest BCUT2D eigenvalue weighted by Crippen LogP contribution is 2.36. The lowest BCUT2D eigenvalue weighted by molar-refractivity contribution is 0.00578. The van der Waals surface area contributed by atoms with E-state index >= 15 is 0 Å². The van der Waals surface area contributed by atoms with E-state index in [9.17, 15) is 4.79 Å². The van der Waals surface area contributed by atoms with Gasteiger partial charge in [0.1, 0.15) is 0 Å². The van der Waals surface area contributed by atoms with E-state index in [2.05, 4.69) is 9.97 Å². The molecule has 3 heterocycles. The number of aromatic nitrogens is 2. The van der Waals surface area contributed by atoms with Crippen LogP contribution in [0.25, 0.3) is 11.3 Å². The topological polar surface area (TPSA) is 64.6 Å². The van der Waals surface area contributed by atoms with E-state index in [1.807, 2.05) is 39.8 Å². The molecule has 6 nitrogen and oxygen atoms in total. The summed E-state index contributed by atoms with van der Waals surface area (Å²) in [6.07, 6.45) is 5.07. The van der Waals surface area contributed by atoms with Gasteiger partial charge in [-0.15, -0.1) is 0 Å². The van der Waals surface area contributed by atoms with Crippen molar-refractivity contribution in [1.82, 2.24) is 14.9 Å². The van der Waals surface area contributed by atoms with Crippen molar-refractivity contribution in [3.8, 4) is 11.3 Å². The fourth-order valence-electron chi connectivity index (χ4n) is 2.66. The summed E-state index contributed by atoms with van der Waals surface area (Å²) in [5.41, 5.74) is 2.18. The third kappa shape index (κ3) is 3.37. The van der Waals surface area contributed by atoms with Crippen LogP contribution in [0, 0.1) is 0 Å². The molecule has 7 heteroatoms. The molecular formula is C19H24BN3O3. The second-order valence-corrected chi connectivity index (χ2v) is 7.73. The second-order valence-electron chi connectivity index (χ2n) is 7.73. The first-order valence-electron chi connectivity index (χ1n) is 8.59. The van der Waals surface area contributed by atoms with E-state index in [-0.39, 0.29) is 5.91 Å². The predicted molar refractivity (Wildman–Crippen MR) is 101 cm³/mol. The van der Waals surface area contributed by atoms with Crippen LogP contribution in [0.3, 0.4) is 0 Å². The van der Waals surface area contributed by atoms with Crippen molar-refractivity contribution in [2.24, 2.45) is 0 Å². The van der Waals surface area contributed by atoms with Crippen molar-refractivity contribution in [3.05, 3.63) is 42.4 Å². The van der Waals surface area contributed by atoms with Crippen molar-refractivity contribution < 1.29 is 14.1 Å². The highest BCUT2D eigenvalue weighted by molar-refractivity contribution is 6.62. The van der Waals surface area contributed by atoms with E-state index in [1.165, 1.54) is 4.90 Å². The molecule has 2 aromatic rings. The normalized spacial score (nSPS) is 18.0. The summed E-state index contributed by atoms with van der Waals surface area (Å²) < 4.78 is 12.2. The summed E-state index contributed by atoms with van der Waals surface area (Å²) in [4.78, 5) is 22.2. The maximum Gasteiger partial charge on any atom is 0.496 e. The summed E-state index contributed by atoms with van der Waals surface area (Å²) in [7, 11) is 2.96. The molecule has 1 aliphatic rings. The Balaban J connectivity index is 1.85. The van der Waals surface area contributed by atoms with E-state index in [0.717, 1.165) is 16.7 Å². The summed E-state index contributed by atoms with van der Waals surface area (Å²) in [5.74, 6) is -0.0758. The quantitative estimate of drug-likeness (QED) is 0.791. The fourth-order valence-corrected chi connectivity index (χ4v) is 2.66. The summed E-state index contributed by atoms with van der Waals surface area (Å²) in [6.45, 7) is 8.08. The van der Waals surface area contributed by atoms with E-state index in [0.29, 0.717) is 5.56 Å². The van der Waals surface area contributed by atoms with Crippen molar-refractivity contribution in [2.45, 2.75) is 38.9 Å². The zero-order valence-corrected chi connectivity index (χ0v) is 16.1. The van der Waals surface area contributed by atoms with Crippen LogP contribution in [0.4, 0.5) is 0 Å². The lowest BCUT2D eigenvalue weighted by Crippen LogP contribution is -2.41. The lowest BCUT2D eigenvalue weighted by atomic mass is 9.79. The van der Waals surface area contributed by atoms with Gasteiger partial charge < -0.3 is 14.2 Å². The molecule has 2 aromatic heterocycles. The first-order valence-corrected chi connectivity index (χ1v) is 8.59. The number of hydrogen-bond donors (Lipinski definition) is 0. The average Bonchev–Trinajstić information content (AvgIpc) is 2.82. The molecule has 0 bridgehead atoms. The molecular weight excluding hydrogens is 329 g/mol. The molecule has 0 atom stereocenters. The number of nitrogens with zero attached hydrogens (tertiary/aromatic N) is 3. The van der Waals surface area contributed by atoms with Gasteiger partial charge in [-0.2, -0.15) is 0 Å². The minimum atomic E-state index is -0.470. The molecule has 1 aliphatic heterocycles. The largest absolute Gasteiger partial charge is 0.496 e. The van der Waals surface area contributed by atoms with Gasteiger partial charge in [0.2, 0.25) is 0 Å². The molecule has 0 spiro atoms. The second kappa shape index (κ2) is 6.48. The van der Waals surface area contributed by atoms with Crippen LogP contribution in [-0.4, -0.2) is 53.2 Å². The molecule has 0 aliphatic carbocycles. The zero-order valence-electron chi connectivity index (χ0n) is 16.1. The molecule has 0 aromatic carbocycles. The van der Waals surface area contributed by atoms with Crippen LogP contribution in [0.15, 0.2) is 36.8 Å². The van der Waals surface area contributed by atoms with Crippen molar-refractivity contribution >= 4 is 18.5 Å². The maximum atomic E-state index is 12.0. The number of pyridine rings is 2. The van der Waals surface area contributed by atoms with Crippen LogP contribution in [0.2, 0.25) is 0 Å². The van der Waals surface area contributed by atoms with Crippen LogP contribution in [-0.2, 0) is 9.31 Å². The highest BCUT2D eigenvalue weighted by atomic mass is 16.7. The monoisotopic (exact) mass is 353 g/mol. The van der Waals surface area contributed by atoms with Gasteiger partial charge in [0.15, 0.2) is 0 Å². The lowest BCUT2D eigenvalue weighted by Gasteiger charge is -2.32. The Bertz CT molecular complexity index is 803. The maximum absolute atomic E-state index is 12.0. The van der Waals surface area contributed by atoms with Gasteiger partial charge in [-0.25, -0.2) is 0 Å². The summed E-state index contributed by atoms with van der Waals surface area (Å²) in [6, 6.07) is 5.55. The SMILES string of the molecule is CN(C)C(=O)c1ccc(-c2cncc(B3OC(C)(C)C(C)(C)O3)c2)nc1. The molecule has 136 valence electrons. The highest BCUT2D eigenvalue weighted by Gasteiger charge is 2.51. The zero-order chi connectivity index (χ0) is 19.1. The van der Waals surface area contributed by atoms with Crippen molar-refractivity contribution in [3.63, 3.8) is 0 Å². The Morgan fingerprint density at radius 3 is 2.23 bits per heavy atom.